The van der Waals surface area contributed by atoms with Crippen molar-refractivity contribution in [1.29, 1.82) is 0 Å². The van der Waals surface area contributed by atoms with Crippen molar-refractivity contribution in [2.45, 2.75) is 38.5 Å². The number of ether oxygens (including phenoxy) is 1. The number of rotatable bonds is 12. The van der Waals surface area contributed by atoms with Crippen molar-refractivity contribution in [2.75, 3.05) is 40.3 Å². The summed E-state index contributed by atoms with van der Waals surface area (Å²) in [5.74, 6) is 0.258. The van der Waals surface area contributed by atoms with Gasteiger partial charge in [0.2, 0.25) is 5.78 Å². The summed E-state index contributed by atoms with van der Waals surface area (Å²) in [5, 5.41) is 0. The van der Waals surface area contributed by atoms with E-state index < -0.39 is 0 Å². The van der Waals surface area contributed by atoms with Gasteiger partial charge in [-0.3, -0.25) is 9.59 Å². The molecule has 5 nitrogen and oxygen atoms in total. The fourth-order valence-corrected chi connectivity index (χ4v) is 5.04. The van der Waals surface area contributed by atoms with Crippen LogP contribution >= 0.6 is 0 Å². The van der Waals surface area contributed by atoms with Crippen molar-refractivity contribution in [3.05, 3.63) is 102 Å². The number of carbonyl (C=O) groups excluding carboxylic acids is 2. The first-order chi connectivity index (χ1) is 19.0. The number of hydrogen-bond acceptors (Lipinski definition) is 4. The van der Waals surface area contributed by atoms with E-state index in [0.29, 0.717) is 32.5 Å². The van der Waals surface area contributed by atoms with E-state index >= 15 is 0 Å². The van der Waals surface area contributed by atoms with Crippen LogP contribution in [0.25, 0.3) is 11.1 Å². The average molecular weight is 525 g/mol. The number of likely N-dealkylation sites (N-methyl/N-ethyl adjacent to an activating group) is 1. The van der Waals surface area contributed by atoms with Gasteiger partial charge in [-0.25, -0.2) is 0 Å². The van der Waals surface area contributed by atoms with Gasteiger partial charge in [-0.05, 0) is 86.2 Å². The molecule has 39 heavy (non-hydrogen) atoms. The summed E-state index contributed by atoms with van der Waals surface area (Å²) in [5.41, 5.74) is 5.64. The van der Waals surface area contributed by atoms with Gasteiger partial charge in [0.15, 0.2) is 0 Å². The molecule has 1 aliphatic rings. The minimum atomic E-state index is -0.312. The summed E-state index contributed by atoms with van der Waals surface area (Å²) in [4.78, 5) is 29.4. The van der Waals surface area contributed by atoms with E-state index in [1.807, 2.05) is 50.5 Å². The molecule has 1 aliphatic heterocycles. The number of ketones is 1. The molecule has 0 aromatic heterocycles. The molecule has 1 amide bonds. The van der Waals surface area contributed by atoms with E-state index in [2.05, 4.69) is 53.4 Å². The predicted octanol–water partition coefficient (Wildman–Crippen LogP) is 6.34. The first-order valence-electron chi connectivity index (χ1n) is 14.1. The molecule has 1 fully saturated rings. The van der Waals surface area contributed by atoms with Gasteiger partial charge in [-0.1, -0.05) is 72.8 Å². The van der Waals surface area contributed by atoms with Crippen molar-refractivity contribution in [3.63, 3.8) is 0 Å². The maximum atomic E-state index is 12.8. The summed E-state index contributed by atoms with van der Waals surface area (Å²) in [6.45, 7) is 2.89. The van der Waals surface area contributed by atoms with Gasteiger partial charge in [0.1, 0.15) is 12.4 Å². The van der Waals surface area contributed by atoms with Gasteiger partial charge in [0.05, 0.1) is 0 Å². The van der Waals surface area contributed by atoms with Gasteiger partial charge >= 0.3 is 0 Å². The third kappa shape index (κ3) is 8.14. The molecule has 3 aromatic rings. The topological polar surface area (TPSA) is 49.9 Å². The molecular formula is C34H40N2O3. The van der Waals surface area contributed by atoms with Crippen LogP contribution in [0.4, 0.5) is 0 Å². The number of piperidine rings is 1. The lowest BCUT2D eigenvalue weighted by Gasteiger charge is -2.26. The van der Waals surface area contributed by atoms with E-state index in [-0.39, 0.29) is 18.1 Å². The number of nitrogens with zero attached hydrogens (tertiary/aromatic N) is 2. The van der Waals surface area contributed by atoms with Gasteiger partial charge in [0.25, 0.3) is 5.91 Å². The smallest absolute Gasteiger partial charge is 0.289 e. The van der Waals surface area contributed by atoms with E-state index in [0.717, 1.165) is 53.8 Å². The number of benzene rings is 3. The van der Waals surface area contributed by atoms with Crippen molar-refractivity contribution >= 4 is 22.8 Å². The minimum Gasteiger partial charge on any atom is -0.492 e. The highest BCUT2D eigenvalue weighted by atomic mass is 16.5. The molecular weight excluding hydrogens is 484 g/mol. The normalized spacial score (nSPS) is 14.2. The lowest BCUT2D eigenvalue weighted by Crippen LogP contribution is -2.39. The van der Waals surface area contributed by atoms with Crippen LogP contribution in [0.3, 0.4) is 0 Å². The van der Waals surface area contributed by atoms with Crippen LogP contribution in [0, 0.1) is 0 Å². The first kappa shape index (κ1) is 28.3. The number of carbonyl (C=O) groups is 2. The van der Waals surface area contributed by atoms with E-state index in [9.17, 15) is 9.59 Å². The predicted molar refractivity (Wildman–Crippen MR) is 159 cm³/mol. The van der Waals surface area contributed by atoms with Gasteiger partial charge in [-0.15, -0.1) is 0 Å². The third-order valence-corrected chi connectivity index (χ3v) is 7.15. The number of Topliss-reactive ketones (excluding diaryl/α,β-unsaturated/α-hetero) is 1. The van der Waals surface area contributed by atoms with Gasteiger partial charge < -0.3 is 14.5 Å². The molecule has 4 rings (SSSR count). The summed E-state index contributed by atoms with van der Waals surface area (Å²) < 4.78 is 5.93. The molecule has 0 bridgehead atoms. The standard InChI is InChI=1S/C34H40N2O3/c1-35(2)25-26-39-30-21-19-29(20-22-30)33(28-15-8-4-9-16-28)31(27-13-6-3-7-14-27)17-12-18-32(37)34(38)36-23-10-5-11-24-36/h3-4,6-9,13-16,19-22H,5,10-12,17-18,23-26H2,1-2H3/b33-31-. The Morgan fingerprint density at radius 2 is 1.33 bits per heavy atom. The van der Waals surface area contributed by atoms with Gasteiger partial charge in [-0.2, -0.15) is 0 Å². The lowest BCUT2D eigenvalue weighted by molar-refractivity contribution is -0.145. The Bertz CT molecular complexity index is 1230. The number of amides is 1. The minimum absolute atomic E-state index is 0.256. The second kappa shape index (κ2) is 14.5. The summed E-state index contributed by atoms with van der Waals surface area (Å²) in [7, 11) is 4.07. The van der Waals surface area contributed by atoms with Crippen LogP contribution in [0.2, 0.25) is 0 Å². The molecule has 204 valence electrons. The molecule has 0 N–H and O–H groups in total. The van der Waals surface area contributed by atoms with Crippen LogP contribution in [-0.4, -0.2) is 61.8 Å². The molecule has 1 heterocycles. The zero-order valence-corrected chi connectivity index (χ0v) is 23.3. The summed E-state index contributed by atoms with van der Waals surface area (Å²) in [6, 6.07) is 29.0. The van der Waals surface area contributed by atoms with E-state index in [4.69, 9.17) is 4.74 Å². The first-order valence-corrected chi connectivity index (χ1v) is 14.1. The van der Waals surface area contributed by atoms with Crippen LogP contribution < -0.4 is 4.74 Å². The molecule has 0 aliphatic carbocycles. The average Bonchev–Trinajstić information content (AvgIpc) is 2.98. The highest BCUT2D eigenvalue weighted by Crippen LogP contribution is 2.36. The Labute approximate surface area is 233 Å². The third-order valence-electron chi connectivity index (χ3n) is 7.15. The Kier molecular flexibility index (Phi) is 10.5. The second-order valence-corrected chi connectivity index (χ2v) is 10.4. The van der Waals surface area contributed by atoms with Crippen molar-refractivity contribution < 1.29 is 14.3 Å². The molecule has 1 saturated heterocycles. The monoisotopic (exact) mass is 524 g/mol. The Balaban J connectivity index is 1.61. The molecule has 0 spiro atoms. The lowest BCUT2D eigenvalue weighted by atomic mass is 9.87. The molecule has 3 aromatic carbocycles. The maximum Gasteiger partial charge on any atom is 0.289 e. The Morgan fingerprint density at radius 3 is 1.95 bits per heavy atom. The highest BCUT2D eigenvalue weighted by Gasteiger charge is 2.23. The van der Waals surface area contributed by atoms with Crippen LogP contribution in [0.15, 0.2) is 84.9 Å². The number of allylic oxidation sites excluding steroid dienone is 1. The Hall–Kier alpha value is -3.70. The molecule has 0 atom stereocenters. The van der Waals surface area contributed by atoms with E-state index in [1.54, 1.807) is 4.90 Å². The largest absolute Gasteiger partial charge is 0.492 e. The van der Waals surface area contributed by atoms with Crippen LogP contribution in [0.1, 0.15) is 55.2 Å². The zero-order valence-electron chi connectivity index (χ0n) is 23.3. The fourth-order valence-electron chi connectivity index (χ4n) is 5.04. The number of hydrogen-bond donors (Lipinski definition) is 0. The van der Waals surface area contributed by atoms with Crippen molar-refractivity contribution in [1.82, 2.24) is 9.80 Å². The fraction of sp³-hybridized carbons (Fsp3) is 0.353. The van der Waals surface area contributed by atoms with Crippen LogP contribution in [-0.2, 0) is 9.59 Å². The zero-order chi connectivity index (χ0) is 27.5. The summed E-state index contributed by atoms with van der Waals surface area (Å²) >= 11 is 0. The van der Waals surface area contributed by atoms with E-state index in [1.165, 1.54) is 5.57 Å². The van der Waals surface area contributed by atoms with Crippen LogP contribution in [0.5, 0.6) is 5.75 Å². The second-order valence-electron chi connectivity index (χ2n) is 10.4. The Morgan fingerprint density at radius 1 is 0.744 bits per heavy atom. The SMILES string of the molecule is CN(C)CCOc1ccc(/C(=C(/CCCC(=O)C(=O)N2CCCCC2)c2ccccc2)c2ccccc2)cc1. The number of likely N-dealkylation sites (tertiary alicyclic amines) is 1. The quantitative estimate of drug-likeness (QED) is 0.205. The van der Waals surface area contributed by atoms with Crippen molar-refractivity contribution in [3.8, 4) is 5.75 Å². The summed E-state index contributed by atoms with van der Waals surface area (Å²) in [6.07, 6.45) is 4.67. The molecule has 0 radical (unpaired) electrons. The molecule has 0 saturated carbocycles. The molecule has 5 heteroatoms. The molecule has 0 unspecified atom stereocenters. The maximum absolute atomic E-state index is 12.8. The highest BCUT2D eigenvalue weighted by molar-refractivity contribution is 6.36. The van der Waals surface area contributed by atoms with Crippen molar-refractivity contribution in [2.24, 2.45) is 0 Å². The van der Waals surface area contributed by atoms with Gasteiger partial charge in [0, 0.05) is 26.1 Å².